The van der Waals surface area contributed by atoms with Crippen molar-refractivity contribution >= 4 is 22.9 Å². The average Bonchev–Trinajstić information content (AvgIpc) is 2.84. The van der Waals surface area contributed by atoms with Gasteiger partial charge in [0.15, 0.2) is 0 Å². The van der Waals surface area contributed by atoms with Gasteiger partial charge in [0.2, 0.25) is 0 Å². The molecular formula is C17H22ClNS. The second-order valence-corrected chi connectivity index (χ2v) is 7.30. The van der Waals surface area contributed by atoms with Crippen molar-refractivity contribution < 1.29 is 0 Å². The Labute approximate surface area is 131 Å². The van der Waals surface area contributed by atoms with E-state index in [-0.39, 0.29) is 0 Å². The third-order valence-electron chi connectivity index (χ3n) is 3.30. The Balaban J connectivity index is 1.91. The van der Waals surface area contributed by atoms with Gasteiger partial charge in [0, 0.05) is 17.5 Å². The molecule has 1 N–H and O–H groups in total. The summed E-state index contributed by atoms with van der Waals surface area (Å²) >= 11 is 7.64. The van der Waals surface area contributed by atoms with Gasteiger partial charge in [0.25, 0.3) is 0 Å². The van der Waals surface area contributed by atoms with E-state index in [1.54, 1.807) is 11.3 Å². The Hall–Kier alpha value is -0.830. The van der Waals surface area contributed by atoms with Gasteiger partial charge >= 0.3 is 0 Å². The highest BCUT2D eigenvalue weighted by molar-refractivity contribution is 7.16. The molecule has 20 heavy (non-hydrogen) atoms. The molecule has 0 aliphatic rings. The van der Waals surface area contributed by atoms with Crippen molar-refractivity contribution in [3.05, 3.63) is 57.2 Å². The second-order valence-electron chi connectivity index (χ2n) is 5.50. The predicted octanol–water partition coefficient (Wildman–Crippen LogP) is 5.32. The third-order valence-corrected chi connectivity index (χ3v) is 4.59. The smallest absolute Gasteiger partial charge is 0.0931 e. The summed E-state index contributed by atoms with van der Waals surface area (Å²) in [7, 11) is 0. The monoisotopic (exact) mass is 307 g/mol. The average molecular weight is 308 g/mol. The van der Waals surface area contributed by atoms with E-state index in [0.717, 1.165) is 23.7 Å². The van der Waals surface area contributed by atoms with Crippen LogP contribution >= 0.6 is 22.9 Å². The molecule has 0 spiro atoms. The maximum atomic E-state index is 5.96. The van der Waals surface area contributed by atoms with E-state index in [4.69, 9.17) is 11.6 Å². The van der Waals surface area contributed by atoms with Crippen LogP contribution in [0, 0.1) is 5.92 Å². The molecule has 0 amide bonds. The molecule has 1 aromatic heterocycles. The molecular weight excluding hydrogens is 286 g/mol. The molecule has 2 rings (SSSR count). The summed E-state index contributed by atoms with van der Waals surface area (Å²) in [6, 6.07) is 15.3. The standard InChI is InChI=1S/C17H22ClNS/c1-13(2)12-16(14-6-4-3-5-7-14)19-11-10-15-8-9-17(18)20-15/h3-9,13,16,19H,10-12H2,1-2H3. The Morgan fingerprint density at radius 2 is 1.85 bits per heavy atom. The first kappa shape index (κ1) is 15.6. The van der Waals surface area contributed by atoms with Crippen LogP contribution in [-0.2, 0) is 6.42 Å². The van der Waals surface area contributed by atoms with Crippen LogP contribution < -0.4 is 5.32 Å². The zero-order chi connectivity index (χ0) is 14.4. The van der Waals surface area contributed by atoms with Crippen LogP contribution in [0.15, 0.2) is 42.5 Å². The van der Waals surface area contributed by atoms with Crippen LogP contribution in [0.2, 0.25) is 4.34 Å². The van der Waals surface area contributed by atoms with Gasteiger partial charge in [0.05, 0.1) is 4.34 Å². The van der Waals surface area contributed by atoms with Crippen molar-refractivity contribution in [1.82, 2.24) is 5.32 Å². The van der Waals surface area contributed by atoms with Crippen LogP contribution in [-0.4, -0.2) is 6.54 Å². The van der Waals surface area contributed by atoms with E-state index in [0.29, 0.717) is 12.0 Å². The third kappa shape index (κ3) is 4.93. The quantitative estimate of drug-likeness (QED) is 0.730. The van der Waals surface area contributed by atoms with Crippen molar-refractivity contribution in [3.8, 4) is 0 Å². The van der Waals surface area contributed by atoms with Crippen LogP contribution in [0.4, 0.5) is 0 Å². The minimum absolute atomic E-state index is 0.437. The highest BCUT2D eigenvalue weighted by Gasteiger charge is 2.12. The summed E-state index contributed by atoms with van der Waals surface area (Å²) in [5, 5.41) is 3.69. The number of benzene rings is 1. The van der Waals surface area contributed by atoms with Crippen LogP contribution in [0.1, 0.15) is 36.8 Å². The normalized spacial score (nSPS) is 12.8. The molecule has 0 saturated heterocycles. The number of nitrogens with one attached hydrogen (secondary N) is 1. The second kappa shape index (κ2) is 7.82. The van der Waals surface area contributed by atoms with E-state index < -0.39 is 0 Å². The zero-order valence-corrected chi connectivity index (χ0v) is 13.7. The molecule has 0 aliphatic carbocycles. The molecule has 1 nitrogen and oxygen atoms in total. The van der Waals surface area contributed by atoms with E-state index in [1.807, 2.05) is 6.07 Å². The molecule has 2 aromatic rings. The fraction of sp³-hybridized carbons (Fsp3) is 0.412. The summed E-state index contributed by atoms with van der Waals surface area (Å²) in [6.07, 6.45) is 2.20. The molecule has 1 atom stereocenters. The van der Waals surface area contributed by atoms with Crippen molar-refractivity contribution in [2.24, 2.45) is 5.92 Å². The lowest BCUT2D eigenvalue weighted by atomic mass is 9.97. The highest BCUT2D eigenvalue weighted by Crippen LogP contribution is 2.23. The Kier molecular flexibility index (Phi) is 6.08. The number of halogens is 1. The SMILES string of the molecule is CC(C)CC(NCCc1ccc(Cl)s1)c1ccccc1. The largest absolute Gasteiger partial charge is 0.310 e. The Bertz CT molecular complexity index is 507. The molecule has 1 unspecified atom stereocenters. The molecule has 108 valence electrons. The maximum absolute atomic E-state index is 5.96. The first-order chi connectivity index (χ1) is 9.65. The molecule has 3 heteroatoms. The number of hydrogen-bond acceptors (Lipinski definition) is 2. The molecule has 0 fully saturated rings. The fourth-order valence-corrected chi connectivity index (χ4v) is 3.44. The molecule has 0 radical (unpaired) electrons. The number of rotatable bonds is 7. The lowest BCUT2D eigenvalue weighted by molar-refractivity contribution is 0.432. The molecule has 0 bridgehead atoms. The van der Waals surface area contributed by atoms with E-state index in [1.165, 1.54) is 10.4 Å². The van der Waals surface area contributed by atoms with Crippen LogP contribution in [0.3, 0.4) is 0 Å². The van der Waals surface area contributed by atoms with Crippen molar-refractivity contribution in [3.63, 3.8) is 0 Å². The van der Waals surface area contributed by atoms with Crippen molar-refractivity contribution in [2.75, 3.05) is 6.54 Å². The minimum Gasteiger partial charge on any atom is -0.310 e. The summed E-state index contributed by atoms with van der Waals surface area (Å²) in [4.78, 5) is 1.35. The lowest BCUT2D eigenvalue weighted by Gasteiger charge is -2.21. The topological polar surface area (TPSA) is 12.0 Å². The minimum atomic E-state index is 0.437. The van der Waals surface area contributed by atoms with Crippen LogP contribution in [0.5, 0.6) is 0 Å². The van der Waals surface area contributed by atoms with Gasteiger partial charge in [-0.05, 0) is 36.5 Å². The molecule has 1 aromatic carbocycles. The zero-order valence-electron chi connectivity index (χ0n) is 12.1. The van der Waals surface area contributed by atoms with Crippen molar-refractivity contribution in [2.45, 2.75) is 32.7 Å². The predicted molar refractivity (Wildman–Crippen MR) is 89.7 cm³/mol. The van der Waals surface area contributed by atoms with Crippen molar-refractivity contribution in [1.29, 1.82) is 0 Å². The lowest BCUT2D eigenvalue weighted by Crippen LogP contribution is -2.24. The van der Waals surface area contributed by atoms with E-state index in [9.17, 15) is 0 Å². The summed E-state index contributed by atoms with van der Waals surface area (Å²) < 4.78 is 0.877. The maximum Gasteiger partial charge on any atom is 0.0931 e. The first-order valence-corrected chi connectivity index (χ1v) is 8.37. The summed E-state index contributed by atoms with van der Waals surface area (Å²) in [6.45, 7) is 5.54. The van der Waals surface area contributed by atoms with E-state index >= 15 is 0 Å². The Morgan fingerprint density at radius 1 is 1.10 bits per heavy atom. The fourth-order valence-electron chi connectivity index (χ4n) is 2.35. The highest BCUT2D eigenvalue weighted by atomic mass is 35.5. The molecule has 0 aliphatic heterocycles. The van der Waals surface area contributed by atoms with Gasteiger partial charge in [-0.1, -0.05) is 55.8 Å². The van der Waals surface area contributed by atoms with Gasteiger partial charge in [0.1, 0.15) is 0 Å². The van der Waals surface area contributed by atoms with Gasteiger partial charge in [-0.3, -0.25) is 0 Å². The summed E-state index contributed by atoms with van der Waals surface area (Å²) in [5.74, 6) is 0.684. The van der Waals surface area contributed by atoms with Gasteiger partial charge in [-0.25, -0.2) is 0 Å². The number of thiophene rings is 1. The molecule has 0 saturated carbocycles. The van der Waals surface area contributed by atoms with Gasteiger partial charge < -0.3 is 5.32 Å². The molecule has 1 heterocycles. The Morgan fingerprint density at radius 3 is 2.45 bits per heavy atom. The number of hydrogen-bond donors (Lipinski definition) is 1. The van der Waals surface area contributed by atoms with Crippen LogP contribution in [0.25, 0.3) is 0 Å². The van der Waals surface area contributed by atoms with Gasteiger partial charge in [-0.2, -0.15) is 0 Å². The first-order valence-electron chi connectivity index (χ1n) is 7.17. The summed E-state index contributed by atoms with van der Waals surface area (Å²) in [5.41, 5.74) is 1.38. The van der Waals surface area contributed by atoms with E-state index in [2.05, 4.69) is 55.6 Å². The van der Waals surface area contributed by atoms with Gasteiger partial charge in [-0.15, -0.1) is 11.3 Å².